The Morgan fingerprint density at radius 1 is 1.46 bits per heavy atom. The minimum Gasteiger partial charge on any atom is -0.300 e. The largest absolute Gasteiger partial charge is 0.300 e. The Hall–Kier alpha value is 0.250. The summed E-state index contributed by atoms with van der Waals surface area (Å²) in [6.45, 7) is 9.40. The summed E-state index contributed by atoms with van der Waals surface area (Å²) in [5, 5.41) is 0. The molecule has 78 valence electrons. The average molecular weight is 204 g/mol. The van der Waals surface area contributed by atoms with Crippen molar-refractivity contribution < 1.29 is 0 Å². The molecular weight excluding hydrogens is 182 g/mol. The fourth-order valence-electron chi connectivity index (χ4n) is 2.13. The molecule has 0 aromatic rings. The van der Waals surface area contributed by atoms with Crippen LogP contribution < -0.4 is 0 Å². The Bertz CT molecular complexity index is 149. The van der Waals surface area contributed by atoms with Gasteiger partial charge in [0.1, 0.15) is 0 Å². The van der Waals surface area contributed by atoms with Crippen LogP contribution in [0, 0.1) is 11.8 Å². The van der Waals surface area contributed by atoms with Gasteiger partial charge in [-0.3, -0.25) is 0 Å². The second-order valence-electron chi connectivity index (χ2n) is 4.61. The molecule has 0 saturated carbocycles. The lowest BCUT2D eigenvalue weighted by atomic mass is 9.91. The number of alkyl halides is 1. The topological polar surface area (TPSA) is 3.24 Å². The standard InChI is InChI=1S/C11H22ClN/c1-9(7-12)8-13-6-4-5-10(2)11(13)3/h9-11H,4-8H2,1-3H3. The Morgan fingerprint density at radius 2 is 2.15 bits per heavy atom. The minimum absolute atomic E-state index is 0.634. The fourth-order valence-corrected chi connectivity index (χ4v) is 2.23. The number of likely N-dealkylation sites (tertiary alicyclic amines) is 1. The van der Waals surface area contributed by atoms with Gasteiger partial charge in [0.2, 0.25) is 0 Å². The molecule has 3 atom stereocenters. The van der Waals surface area contributed by atoms with Crippen molar-refractivity contribution in [2.75, 3.05) is 19.0 Å². The Kier molecular flexibility index (Phi) is 4.54. The molecule has 0 spiro atoms. The van der Waals surface area contributed by atoms with Gasteiger partial charge in [0.05, 0.1) is 0 Å². The van der Waals surface area contributed by atoms with Crippen LogP contribution in [0.15, 0.2) is 0 Å². The van der Waals surface area contributed by atoms with Crippen LogP contribution in [-0.4, -0.2) is 29.9 Å². The van der Waals surface area contributed by atoms with Crippen LogP contribution in [0.25, 0.3) is 0 Å². The SMILES string of the molecule is CC(CCl)CN1CCCC(C)C1C. The summed E-state index contributed by atoms with van der Waals surface area (Å²) in [6, 6.07) is 0.749. The predicted molar refractivity (Wildman–Crippen MR) is 59.3 cm³/mol. The highest BCUT2D eigenvalue weighted by molar-refractivity contribution is 6.18. The van der Waals surface area contributed by atoms with Gasteiger partial charge in [-0.25, -0.2) is 0 Å². The number of hydrogen-bond acceptors (Lipinski definition) is 1. The first-order valence-electron chi connectivity index (χ1n) is 5.45. The van der Waals surface area contributed by atoms with E-state index in [1.807, 2.05) is 0 Å². The van der Waals surface area contributed by atoms with Gasteiger partial charge in [-0.2, -0.15) is 0 Å². The van der Waals surface area contributed by atoms with Crippen molar-refractivity contribution in [2.24, 2.45) is 11.8 Å². The van der Waals surface area contributed by atoms with Crippen molar-refractivity contribution in [3.8, 4) is 0 Å². The van der Waals surface area contributed by atoms with Crippen molar-refractivity contribution in [1.82, 2.24) is 4.90 Å². The molecule has 1 nitrogen and oxygen atoms in total. The van der Waals surface area contributed by atoms with Gasteiger partial charge in [-0.1, -0.05) is 13.8 Å². The lowest BCUT2D eigenvalue weighted by Crippen LogP contribution is -2.44. The minimum atomic E-state index is 0.634. The molecule has 1 aliphatic heterocycles. The molecule has 0 radical (unpaired) electrons. The zero-order valence-corrected chi connectivity index (χ0v) is 9.85. The molecule has 2 heteroatoms. The van der Waals surface area contributed by atoms with Gasteiger partial charge in [0.15, 0.2) is 0 Å². The van der Waals surface area contributed by atoms with Crippen LogP contribution in [-0.2, 0) is 0 Å². The average Bonchev–Trinajstić information content (AvgIpc) is 2.13. The summed E-state index contributed by atoms with van der Waals surface area (Å²) in [5.74, 6) is 2.28. The lowest BCUT2D eigenvalue weighted by molar-refractivity contribution is 0.101. The van der Waals surface area contributed by atoms with Gasteiger partial charge < -0.3 is 4.90 Å². The number of piperidine rings is 1. The van der Waals surface area contributed by atoms with E-state index in [9.17, 15) is 0 Å². The fraction of sp³-hybridized carbons (Fsp3) is 1.00. The van der Waals surface area contributed by atoms with Crippen molar-refractivity contribution in [1.29, 1.82) is 0 Å². The smallest absolute Gasteiger partial charge is 0.0261 e. The number of hydrogen-bond donors (Lipinski definition) is 0. The highest BCUT2D eigenvalue weighted by atomic mass is 35.5. The normalized spacial score (nSPS) is 33.2. The summed E-state index contributed by atoms with van der Waals surface area (Å²) in [7, 11) is 0. The first-order chi connectivity index (χ1) is 6.15. The first kappa shape index (κ1) is 11.3. The van der Waals surface area contributed by atoms with E-state index in [1.54, 1.807) is 0 Å². The summed E-state index contributed by atoms with van der Waals surface area (Å²) >= 11 is 5.83. The predicted octanol–water partition coefficient (Wildman–Crippen LogP) is 2.98. The zero-order valence-electron chi connectivity index (χ0n) is 9.09. The summed E-state index contributed by atoms with van der Waals surface area (Å²) in [4.78, 5) is 2.60. The Balaban J connectivity index is 2.39. The molecule has 1 heterocycles. The third-order valence-corrected chi connectivity index (χ3v) is 3.84. The van der Waals surface area contributed by atoms with Crippen LogP contribution in [0.5, 0.6) is 0 Å². The molecule has 0 aromatic heterocycles. The molecule has 0 aliphatic carbocycles. The van der Waals surface area contributed by atoms with Crippen molar-refractivity contribution in [3.63, 3.8) is 0 Å². The summed E-state index contributed by atoms with van der Waals surface area (Å²) < 4.78 is 0. The Morgan fingerprint density at radius 3 is 2.77 bits per heavy atom. The van der Waals surface area contributed by atoms with E-state index in [-0.39, 0.29) is 0 Å². The van der Waals surface area contributed by atoms with Gasteiger partial charge in [-0.15, -0.1) is 11.6 Å². The van der Waals surface area contributed by atoms with E-state index in [0.717, 1.165) is 17.8 Å². The molecule has 1 fully saturated rings. The molecule has 1 aliphatic rings. The second-order valence-corrected chi connectivity index (χ2v) is 4.92. The molecule has 0 N–H and O–H groups in total. The third-order valence-electron chi connectivity index (χ3n) is 3.31. The van der Waals surface area contributed by atoms with Crippen LogP contribution in [0.3, 0.4) is 0 Å². The highest BCUT2D eigenvalue weighted by Crippen LogP contribution is 2.23. The van der Waals surface area contributed by atoms with Gasteiger partial charge >= 0.3 is 0 Å². The quantitative estimate of drug-likeness (QED) is 0.638. The Labute approximate surface area is 87.4 Å². The van der Waals surface area contributed by atoms with Crippen molar-refractivity contribution in [3.05, 3.63) is 0 Å². The first-order valence-corrected chi connectivity index (χ1v) is 5.98. The number of nitrogens with zero attached hydrogens (tertiary/aromatic N) is 1. The summed E-state index contributed by atoms with van der Waals surface area (Å²) in [6.07, 6.45) is 2.76. The molecule has 3 unspecified atom stereocenters. The maximum absolute atomic E-state index is 5.83. The second kappa shape index (κ2) is 5.21. The molecular formula is C11H22ClN. The monoisotopic (exact) mass is 203 g/mol. The van der Waals surface area contributed by atoms with E-state index >= 15 is 0 Å². The van der Waals surface area contributed by atoms with E-state index in [2.05, 4.69) is 25.7 Å². The highest BCUT2D eigenvalue weighted by Gasteiger charge is 2.25. The molecule has 1 saturated heterocycles. The lowest BCUT2D eigenvalue weighted by Gasteiger charge is -2.39. The van der Waals surface area contributed by atoms with E-state index in [4.69, 9.17) is 11.6 Å². The van der Waals surface area contributed by atoms with Crippen LogP contribution in [0.1, 0.15) is 33.6 Å². The van der Waals surface area contributed by atoms with E-state index in [1.165, 1.54) is 25.9 Å². The van der Waals surface area contributed by atoms with Gasteiger partial charge in [0, 0.05) is 18.5 Å². The maximum Gasteiger partial charge on any atom is 0.0261 e. The van der Waals surface area contributed by atoms with Crippen LogP contribution >= 0.6 is 11.6 Å². The molecule has 0 amide bonds. The molecule has 1 rings (SSSR count). The number of halogens is 1. The van der Waals surface area contributed by atoms with Gasteiger partial charge in [-0.05, 0) is 38.1 Å². The number of rotatable bonds is 3. The van der Waals surface area contributed by atoms with Crippen LogP contribution in [0.2, 0.25) is 0 Å². The molecule has 13 heavy (non-hydrogen) atoms. The summed E-state index contributed by atoms with van der Waals surface area (Å²) in [5.41, 5.74) is 0. The van der Waals surface area contributed by atoms with Crippen molar-refractivity contribution in [2.45, 2.75) is 39.7 Å². The molecule has 0 aromatic carbocycles. The third kappa shape index (κ3) is 3.14. The maximum atomic E-state index is 5.83. The van der Waals surface area contributed by atoms with Gasteiger partial charge in [0.25, 0.3) is 0 Å². The van der Waals surface area contributed by atoms with Crippen molar-refractivity contribution >= 4 is 11.6 Å². The van der Waals surface area contributed by atoms with E-state index < -0.39 is 0 Å². The zero-order chi connectivity index (χ0) is 9.84. The molecule has 0 bridgehead atoms. The van der Waals surface area contributed by atoms with Crippen LogP contribution in [0.4, 0.5) is 0 Å². The van der Waals surface area contributed by atoms with E-state index in [0.29, 0.717) is 5.92 Å².